The minimum absolute atomic E-state index is 0.206. The summed E-state index contributed by atoms with van der Waals surface area (Å²) < 4.78 is 24.9. The molecule has 7 heteroatoms. The zero-order chi connectivity index (χ0) is 17.0. The van der Waals surface area contributed by atoms with Crippen molar-refractivity contribution in [1.82, 2.24) is 4.90 Å². The molecule has 0 unspecified atom stereocenters. The number of halogens is 1. The Morgan fingerprint density at radius 2 is 1.87 bits per heavy atom. The van der Waals surface area contributed by atoms with Crippen LogP contribution in [-0.2, 0) is 16.6 Å². The monoisotopic (exact) mass is 352 g/mol. The summed E-state index contributed by atoms with van der Waals surface area (Å²) in [7, 11) is -1.70. The molecule has 0 bridgehead atoms. The van der Waals surface area contributed by atoms with E-state index >= 15 is 0 Å². The first-order chi connectivity index (χ1) is 10.7. The quantitative estimate of drug-likeness (QED) is 0.899. The van der Waals surface area contributed by atoms with Gasteiger partial charge in [-0.3, -0.25) is 9.52 Å². The van der Waals surface area contributed by atoms with Crippen molar-refractivity contribution >= 4 is 33.2 Å². The lowest BCUT2D eigenvalue weighted by Crippen LogP contribution is -2.26. The Bertz CT molecular complexity index is 822. The summed E-state index contributed by atoms with van der Waals surface area (Å²) in [5.74, 6) is -0.206. The predicted octanol–water partition coefficient (Wildman–Crippen LogP) is 2.98. The van der Waals surface area contributed by atoms with Gasteiger partial charge in [-0.15, -0.1) is 0 Å². The van der Waals surface area contributed by atoms with Crippen molar-refractivity contribution in [3.05, 3.63) is 64.7 Å². The van der Waals surface area contributed by atoms with Gasteiger partial charge in [0, 0.05) is 29.9 Å². The third-order valence-electron chi connectivity index (χ3n) is 3.07. The van der Waals surface area contributed by atoms with Gasteiger partial charge in [-0.05, 0) is 35.9 Å². The molecule has 0 aliphatic heterocycles. The topological polar surface area (TPSA) is 66.5 Å². The number of benzene rings is 2. The summed E-state index contributed by atoms with van der Waals surface area (Å²) in [6, 6.07) is 13.7. The molecule has 0 radical (unpaired) electrons. The first-order valence-electron chi connectivity index (χ1n) is 6.82. The molecule has 1 amide bonds. The van der Waals surface area contributed by atoms with Crippen LogP contribution in [0.15, 0.2) is 48.5 Å². The maximum absolute atomic E-state index is 12.5. The third kappa shape index (κ3) is 5.26. The number of rotatable bonds is 5. The second-order valence-corrected chi connectivity index (χ2v) is 7.43. The molecule has 0 fully saturated rings. The van der Waals surface area contributed by atoms with E-state index < -0.39 is 10.0 Å². The number of nitrogens with one attached hydrogen (secondary N) is 1. The zero-order valence-corrected chi connectivity index (χ0v) is 14.4. The van der Waals surface area contributed by atoms with Gasteiger partial charge in [0.2, 0.25) is 10.0 Å². The normalized spacial score (nSPS) is 11.1. The summed E-state index contributed by atoms with van der Waals surface area (Å²) in [6.45, 7) is 0.406. The molecule has 2 rings (SSSR count). The number of carbonyl (C=O) groups excluding carboxylic acids is 1. The molecule has 0 saturated heterocycles. The lowest BCUT2D eigenvalue weighted by Gasteiger charge is -2.18. The summed E-state index contributed by atoms with van der Waals surface area (Å²) in [6.07, 6.45) is 1.06. The SMILES string of the molecule is CN(Cc1cccc(Cl)c1)C(=O)c1cccc(NS(C)(=O)=O)c1. The average Bonchev–Trinajstić information content (AvgIpc) is 2.45. The van der Waals surface area contributed by atoms with E-state index in [-0.39, 0.29) is 5.91 Å². The van der Waals surface area contributed by atoms with Gasteiger partial charge in [-0.25, -0.2) is 8.42 Å². The molecule has 0 aromatic heterocycles. The summed E-state index contributed by atoms with van der Waals surface area (Å²) in [4.78, 5) is 14.0. The van der Waals surface area contributed by atoms with Crippen LogP contribution < -0.4 is 4.72 Å². The van der Waals surface area contributed by atoms with Gasteiger partial charge >= 0.3 is 0 Å². The fourth-order valence-electron chi connectivity index (χ4n) is 2.13. The minimum Gasteiger partial charge on any atom is -0.337 e. The van der Waals surface area contributed by atoms with E-state index in [0.29, 0.717) is 22.8 Å². The molecule has 5 nitrogen and oxygen atoms in total. The highest BCUT2D eigenvalue weighted by Gasteiger charge is 2.13. The van der Waals surface area contributed by atoms with Gasteiger partial charge in [0.15, 0.2) is 0 Å². The fourth-order valence-corrected chi connectivity index (χ4v) is 2.90. The van der Waals surface area contributed by atoms with Gasteiger partial charge in [0.25, 0.3) is 5.91 Å². The average molecular weight is 353 g/mol. The van der Waals surface area contributed by atoms with E-state index in [9.17, 15) is 13.2 Å². The van der Waals surface area contributed by atoms with Gasteiger partial charge in [0.05, 0.1) is 6.26 Å². The van der Waals surface area contributed by atoms with Crippen molar-refractivity contribution in [2.75, 3.05) is 18.0 Å². The molecule has 0 spiro atoms. The Morgan fingerprint density at radius 3 is 2.52 bits per heavy atom. The van der Waals surface area contributed by atoms with E-state index in [1.165, 1.54) is 6.07 Å². The molecule has 0 atom stereocenters. The Morgan fingerprint density at radius 1 is 1.17 bits per heavy atom. The van der Waals surface area contributed by atoms with Crippen LogP contribution in [0.2, 0.25) is 5.02 Å². The second kappa shape index (κ2) is 7.02. The third-order valence-corrected chi connectivity index (χ3v) is 3.91. The number of carbonyl (C=O) groups is 1. The minimum atomic E-state index is -3.38. The summed E-state index contributed by atoms with van der Waals surface area (Å²) in [5, 5.41) is 0.614. The molecule has 23 heavy (non-hydrogen) atoms. The van der Waals surface area contributed by atoms with Crippen molar-refractivity contribution in [2.45, 2.75) is 6.54 Å². The lowest BCUT2D eigenvalue weighted by molar-refractivity contribution is 0.0785. The van der Waals surface area contributed by atoms with E-state index in [0.717, 1.165) is 11.8 Å². The largest absolute Gasteiger partial charge is 0.337 e. The maximum Gasteiger partial charge on any atom is 0.253 e. The van der Waals surface area contributed by atoms with Crippen LogP contribution in [0.4, 0.5) is 5.69 Å². The van der Waals surface area contributed by atoms with Gasteiger partial charge in [-0.1, -0.05) is 29.8 Å². The van der Waals surface area contributed by atoms with Gasteiger partial charge in [0.1, 0.15) is 0 Å². The number of amides is 1. The molecule has 0 heterocycles. The van der Waals surface area contributed by atoms with Crippen LogP contribution in [0.3, 0.4) is 0 Å². The molecule has 2 aromatic carbocycles. The highest BCUT2D eigenvalue weighted by molar-refractivity contribution is 7.92. The summed E-state index contributed by atoms with van der Waals surface area (Å²) >= 11 is 5.94. The van der Waals surface area contributed by atoms with Crippen LogP contribution in [0, 0.1) is 0 Å². The highest BCUT2D eigenvalue weighted by Crippen LogP contribution is 2.16. The zero-order valence-electron chi connectivity index (χ0n) is 12.8. The van der Waals surface area contributed by atoms with Crippen LogP contribution in [-0.4, -0.2) is 32.5 Å². The number of sulfonamides is 1. The van der Waals surface area contributed by atoms with Gasteiger partial charge < -0.3 is 4.90 Å². The van der Waals surface area contributed by atoms with Crippen LogP contribution in [0.1, 0.15) is 15.9 Å². The van der Waals surface area contributed by atoms with Crippen LogP contribution in [0.25, 0.3) is 0 Å². The van der Waals surface area contributed by atoms with Crippen molar-refractivity contribution in [2.24, 2.45) is 0 Å². The number of anilines is 1. The molecule has 0 aliphatic rings. The Hall–Kier alpha value is -2.05. The number of hydrogen-bond donors (Lipinski definition) is 1. The van der Waals surface area contributed by atoms with Crippen LogP contribution >= 0.6 is 11.6 Å². The lowest BCUT2D eigenvalue weighted by atomic mass is 10.1. The highest BCUT2D eigenvalue weighted by atomic mass is 35.5. The van der Waals surface area contributed by atoms with Crippen molar-refractivity contribution < 1.29 is 13.2 Å². The van der Waals surface area contributed by atoms with Crippen molar-refractivity contribution in [3.63, 3.8) is 0 Å². The van der Waals surface area contributed by atoms with Crippen LogP contribution in [0.5, 0.6) is 0 Å². The second-order valence-electron chi connectivity index (χ2n) is 5.25. The standard InChI is InChI=1S/C16H17ClN2O3S/c1-19(11-12-5-3-7-14(17)9-12)16(20)13-6-4-8-15(10-13)18-23(2,21)22/h3-10,18H,11H2,1-2H3. The molecular weight excluding hydrogens is 336 g/mol. The predicted molar refractivity (Wildman–Crippen MR) is 92.2 cm³/mol. The molecule has 1 N–H and O–H groups in total. The van der Waals surface area contributed by atoms with Gasteiger partial charge in [-0.2, -0.15) is 0 Å². The number of nitrogens with zero attached hydrogens (tertiary/aromatic N) is 1. The first-order valence-corrected chi connectivity index (χ1v) is 9.09. The Kier molecular flexibility index (Phi) is 5.28. The molecule has 2 aromatic rings. The molecule has 0 aliphatic carbocycles. The fraction of sp³-hybridized carbons (Fsp3) is 0.188. The molecule has 122 valence electrons. The van der Waals surface area contributed by atoms with E-state index in [1.807, 2.05) is 12.1 Å². The Balaban J connectivity index is 2.14. The first kappa shape index (κ1) is 17.3. The maximum atomic E-state index is 12.5. The van der Waals surface area contributed by atoms with Crippen molar-refractivity contribution in [3.8, 4) is 0 Å². The summed E-state index contributed by atoms with van der Waals surface area (Å²) in [5.41, 5.74) is 1.68. The molecular formula is C16H17ClN2O3S. The van der Waals surface area contributed by atoms with E-state index in [4.69, 9.17) is 11.6 Å². The number of hydrogen-bond acceptors (Lipinski definition) is 3. The van der Waals surface area contributed by atoms with Crippen molar-refractivity contribution in [1.29, 1.82) is 0 Å². The Labute approximate surface area is 140 Å². The molecule has 0 saturated carbocycles. The van der Waals surface area contributed by atoms with E-state index in [1.54, 1.807) is 42.3 Å². The van der Waals surface area contributed by atoms with E-state index in [2.05, 4.69) is 4.72 Å². The smallest absolute Gasteiger partial charge is 0.253 e.